The Bertz CT molecular complexity index is 626. The topological polar surface area (TPSA) is 55.6 Å². The fourth-order valence-corrected chi connectivity index (χ4v) is 2.18. The van der Waals surface area contributed by atoms with E-state index in [1.54, 1.807) is 24.1 Å². The number of carbonyl (C=O) groups is 1. The average Bonchev–Trinajstić information content (AvgIpc) is 2.52. The number of ether oxygens (including phenoxy) is 1. The van der Waals surface area contributed by atoms with Crippen LogP contribution in [0.4, 0.5) is 5.69 Å². The number of benzene rings is 2. The van der Waals surface area contributed by atoms with Gasteiger partial charge in [-0.25, -0.2) is 0 Å². The average molecular weight is 284 g/mol. The molecule has 0 bridgehead atoms. The monoisotopic (exact) mass is 284 g/mol. The Labute approximate surface area is 125 Å². The van der Waals surface area contributed by atoms with Gasteiger partial charge in [0.05, 0.1) is 7.11 Å². The quantitative estimate of drug-likeness (QED) is 0.859. The normalized spacial score (nSPS) is 10.2. The van der Waals surface area contributed by atoms with Gasteiger partial charge in [0.15, 0.2) is 0 Å². The second-order valence-corrected chi connectivity index (χ2v) is 4.80. The first-order valence-corrected chi connectivity index (χ1v) is 6.91. The molecule has 0 fully saturated rings. The molecule has 0 spiro atoms. The summed E-state index contributed by atoms with van der Waals surface area (Å²) in [6, 6.07) is 14.8. The van der Waals surface area contributed by atoms with Gasteiger partial charge in [0.1, 0.15) is 5.75 Å². The van der Waals surface area contributed by atoms with Crippen molar-refractivity contribution in [1.82, 2.24) is 4.90 Å². The maximum Gasteiger partial charge on any atom is 0.254 e. The van der Waals surface area contributed by atoms with E-state index in [0.717, 1.165) is 5.56 Å². The lowest BCUT2D eigenvalue weighted by atomic mass is 10.1. The van der Waals surface area contributed by atoms with Crippen LogP contribution in [0.3, 0.4) is 0 Å². The Hall–Kier alpha value is -2.49. The second kappa shape index (κ2) is 6.79. The van der Waals surface area contributed by atoms with Gasteiger partial charge < -0.3 is 15.4 Å². The summed E-state index contributed by atoms with van der Waals surface area (Å²) in [7, 11) is 1.59. The zero-order valence-electron chi connectivity index (χ0n) is 12.4. The number of anilines is 1. The van der Waals surface area contributed by atoms with Crippen molar-refractivity contribution in [3.8, 4) is 5.75 Å². The van der Waals surface area contributed by atoms with Gasteiger partial charge in [-0.15, -0.1) is 0 Å². The molecule has 0 aliphatic heterocycles. The predicted octanol–water partition coefficient (Wildman–Crippen LogP) is 2.94. The molecule has 0 aliphatic carbocycles. The van der Waals surface area contributed by atoms with E-state index in [-0.39, 0.29) is 5.91 Å². The second-order valence-electron chi connectivity index (χ2n) is 4.80. The molecule has 0 radical (unpaired) electrons. The van der Waals surface area contributed by atoms with E-state index < -0.39 is 0 Å². The van der Waals surface area contributed by atoms with Crippen LogP contribution >= 0.6 is 0 Å². The zero-order valence-corrected chi connectivity index (χ0v) is 12.4. The highest BCUT2D eigenvalue weighted by Crippen LogP contribution is 2.16. The summed E-state index contributed by atoms with van der Waals surface area (Å²) in [5, 5.41) is 0. The molecule has 2 aromatic carbocycles. The molecule has 0 heterocycles. The number of amides is 1. The van der Waals surface area contributed by atoms with Crippen LogP contribution in [0.5, 0.6) is 5.75 Å². The number of hydrogen-bond donors (Lipinski definition) is 1. The maximum atomic E-state index is 12.6. The van der Waals surface area contributed by atoms with Crippen molar-refractivity contribution in [2.24, 2.45) is 0 Å². The SMILES string of the molecule is CCN(Cc1cccc(N)c1)C(=O)c1cccc(OC)c1. The number of hydrogen-bond acceptors (Lipinski definition) is 3. The van der Waals surface area contributed by atoms with Gasteiger partial charge in [-0.2, -0.15) is 0 Å². The number of carbonyl (C=O) groups excluding carboxylic acids is 1. The van der Waals surface area contributed by atoms with Crippen molar-refractivity contribution >= 4 is 11.6 Å². The smallest absolute Gasteiger partial charge is 0.254 e. The first-order chi connectivity index (χ1) is 10.1. The molecule has 0 saturated heterocycles. The molecular weight excluding hydrogens is 264 g/mol. The van der Waals surface area contributed by atoms with E-state index in [0.29, 0.717) is 30.1 Å². The first kappa shape index (κ1) is 14.9. The first-order valence-electron chi connectivity index (χ1n) is 6.91. The van der Waals surface area contributed by atoms with Crippen molar-refractivity contribution < 1.29 is 9.53 Å². The molecule has 1 amide bonds. The van der Waals surface area contributed by atoms with Crippen LogP contribution in [0, 0.1) is 0 Å². The number of rotatable bonds is 5. The standard InChI is InChI=1S/C17H20N2O2/c1-3-19(12-13-6-4-8-15(18)10-13)17(20)14-7-5-9-16(11-14)21-2/h4-11H,3,12,18H2,1-2H3. The molecule has 2 aromatic rings. The number of methoxy groups -OCH3 is 1. The fraction of sp³-hybridized carbons (Fsp3) is 0.235. The van der Waals surface area contributed by atoms with E-state index in [2.05, 4.69) is 0 Å². The van der Waals surface area contributed by atoms with Gasteiger partial charge in [-0.1, -0.05) is 18.2 Å². The number of nitrogen functional groups attached to an aromatic ring is 1. The molecule has 0 aromatic heterocycles. The number of nitrogens with two attached hydrogens (primary N) is 1. The summed E-state index contributed by atoms with van der Waals surface area (Å²) >= 11 is 0. The van der Waals surface area contributed by atoms with E-state index in [1.807, 2.05) is 43.3 Å². The summed E-state index contributed by atoms with van der Waals surface area (Å²) in [5.41, 5.74) is 8.13. The van der Waals surface area contributed by atoms with Gasteiger partial charge in [0.25, 0.3) is 5.91 Å². The Balaban J connectivity index is 2.18. The van der Waals surface area contributed by atoms with E-state index in [4.69, 9.17) is 10.5 Å². The Morgan fingerprint density at radius 2 is 1.95 bits per heavy atom. The molecule has 4 nitrogen and oxygen atoms in total. The third-order valence-electron chi connectivity index (χ3n) is 3.31. The van der Waals surface area contributed by atoms with Gasteiger partial charge in [-0.05, 0) is 42.8 Å². The summed E-state index contributed by atoms with van der Waals surface area (Å²) in [4.78, 5) is 14.4. The van der Waals surface area contributed by atoms with Crippen molar-refractivity contribution in [1.29, 1.82) is 0 Å². The molecule has 21 heavy (non-hydrogen) atoms. The fourth-order valence-electron chi connectivity index (χ4n) is 2.18. The largest absolute Gasteiger partial charge is 0.497 e. The van der Waals surface area contributed by atoms with Crippen LogP contribution in [0.1, 0.15) is 22.8 Å². The molecular formula is C17H20N2O2. The highest BCUT2D eigenvalue weighted by Gasteiger charge is 2.15. The Morgan fingerprint density at radius 1 is 1.19 bits per heavy atom. The van der Waals surface area contributed by atoms with Crippen molar-refractivity contribution in [2.45, 2.75) is 13.5 Å². The van der Waals surface area contributed by atoms with Crippen LogP contribution in [0.15, 0.2) is 48.5 Å². The molecule has 4 heteroatoms. The lowest BCUT2D eigenvalue weighted by molar-refractivity contribution is 0.0752. The maximum absolute atomic E-state index is 12.6. The minimum absolute atomic E-state index is 0.0150. The van der Waals surface area contributed by atoms with Crippen LogP contribution < -0.4 is 10.5 Å². The van der Waals surface area contributed by atoms with Crippen molar-refractivity contribution in [3.63, 3.8) is 0 Å². The van der Waals surface area contributed by atoms with Crippen LogP contribution in [0.2, 0.25) is 0 Å². The summed E-state index contributed by atoms with van der Waals surface area (Å²) in [5.74, 6) is 0.666. The summed E-state index contributed by atoms with van der Waals surface area (Å²) in [6.45, 7) is 3.13. The Morgan fingerprint density at radius 3 is 2.62 bits per heavy atom. The molecule has 0 atom stereocenters. The lowest BCUT2D eigenvalue weighted by Crippen LogP contribution is -2.30. The molecule has 0 aliphatic rings. The highest BCUT2D eigenvalue weighted by molar-refractivity contribution is 5.94. The van der Waals surface area contributed by atoms with Gasteiger partial charge in [-0.3, -0.25) is 4.79 Å². The van der Waals surface area contributed by atoms with Crippen LogP contribution in [0.25, 0.3) is 0 Å². The van der Waals surface area contributed by atoms with Gasteiger partial charge in [0.2, 0.25) is 0 Å². The van der Waals surface area contributed by atoms with Gasteiger partial charge in [0, 0.05) is 24.3 Å². The minimum Gasteiger partial charge on any atom is -0.497 e. The molecule has 110 valence electrons. The number of nitrogens with zero attached hydrogens (tertiary/aromatic N) is 1. The van der Waals surface area contributed by atoms with Gasteiger partial charge >= 0.3 is 0 Å². The highest BCUT2D eigenvalue weighted by atomic mass is 16.5. The van der Waals surface area contributed by atoms with E-state index in [1.165, 1.54) is 0 Å². The van der Waals surface area contributed by atoms with Crippen molar-refractivity contribution in [3.05, 3.63) is 59.7 Å². The molecule has 2 rings (SSSR count). The zero-order chi connectivity index (χ0) is 15.2. The Kier molecular flexibility index (Phi) is 4.82. The lowest BCUT2D eigenvalue weighted by Gasteiger charge is -2.21. The van der Waals surface area contributed by atoms with Crippen molar-refractivity contribution in [2.75, 3.05) is 19.4 Å². The van der Waals surface area contributed by atoms with Crippen LogP contribution in [-0.4, -0.2) is 24.5 Å². The predicted molar refractivity (Wildman–Crippen MR) is 84.3 cm³/mol. The molecule has 0 unspecified atom stereocenters. The minimum atomic E-state index is -0.0150. The summed E-state index contributed by atoms with van der Waals surface area (Å²) in [6.07, 6.45) is 0. The third kappa shape index (κ3) is 3.75. The van der Waals surface area contributed by atoms with E-state index >= 15 is 0 Å². The summed E-state index contributed by atoms with van der Waals surface area (Å²) < 4.78 is 5.17. The molecule has 2 N–H and O–H groups in total. The van der Waals surface area contributed by atoms with E-state index in [9.17, 15) is 4.79 Å². The molecule has 0 saturated carbocycles. The third-order valence-corrected chi connectivity index (χ3v) is 3.31. The van der Waals surface area contributed by atoms with Crippen LogP contribution in [-0.2, 0) is 6.54 Å².